The van der Waals surface area contributed by atoms with Crippen molar-refractivity contribution in [3.05, 3.63) is 29.3 Å². The lowest BCUT2D eigenvalue weighted by Gasteiger charge is -2.19. The topological polar surface area (TPSA) is 47.6 Å². The highest BCUT2D eigenvalue weighted by Crippen LogP contribution is 2.30. The fourth-order valence-corrected chi connectivity index (χ4v) is 2.85. The summed E-state index contributed by atoms with van der Waals surface area (Å²) in [6.07, 6.45) is 4.82. The van der Waals surface area contributed by atoms with E-state index in [-0.39, 0.29) is 12.0 Å². The highest BCUT2D eigenvalue weighted by atomic mass is 16.5. The van der Waals surface area contributed by atoms with Gasteiger partial charge < -0.3 is 14.8 Å². The molecule has 0 saturated carbocycles. The van der Waals surface area contributed by atoms with Gasteiger partial charge in [0, 0.05) is 17.6 Å². The van der Waals surface area contributed by atoms with E-state index in [0.717, 1.165) is 17.7 Å². The van der Waals surface area contributed by atoms with Gasteiger partial charge in [-0.15, -0.1) is 0 Å². The smallest absolute Gasteiger partial charge is 0.338 e. The average Bonchev–Trinajstić information content (AvgIpc) is 2.67. The maximum Gasteiger partial charge on any atom is 0.338 e. The zero-order valence-corrected chi connectivity index (χ0v) is 13.9. The molecule has 122 valence electrons. The molecule has 4 heteroatoms. The number of rotatable bonds is 6. The van der Waals surface area contributed by atoms with Crippen molar-refractivity contribution in [3.8, 4) is 5.75 Å². The summed E-state index contributed by atoms with van der Waals surface area (Å²) in [7, 11) is 0. The van der Waals surface area contributed by atoms with Crippen molar-refractivity contribution in [3.63, 3.8) is 0 Å². The molecule has 0 spiro atoms. The van der Waals surface area contributed by atoms with E-state index in [2.05, 4.69) is 19.2 Å². The Balaban J connectivity index is 2.09. The van der Waals surface area contributed by atoms with Crippen molar-refractivity contribution in [1.29, 1.82) is 0 Å². The first-order chi connectivity index (χ1) is 10.7. The predicted octanol–water partition coefficient (Wildman–Crippen LogP) is 3.86. The van der Waals surface area contributed by atoms with E-state index in [1.165, 1.54) is 19.3 Å². The number of hydrogen-bond acceptors (Lipinski definition) is 4. The summed E-state index contributed by atoms with van der Waals surface area (Å²) in [5, 5.41) is 3.61. The zero-order chi connectivity index (χ0) is 15.9. The monoisotopic (exact) mass is 305 g/mol. The third-order valence-electron chi connectivity index (χ3n) is 4.07. The number of carbonyl (C=O) groups excluding carboxylic acids is 1. The van der Waals surface area contributed by atoms with Gasteiger partial charge in [-0.05, 0) is 38.5 Å². The summed E-state index contributed by atoms with van der Waals surface area (Å²) in [6, 6.07) is 6.08. The van der Waals surface area contributed by atoms with Crippen LogP contribution in [0.5, 0.6) is 5.75 Å². The fourth-order valence-electron chi connectivity index (χ4n) is 2.85. The molecular formula is C18H27NO3. The maximum atomic E-state index is 11.9. The van der Waals surface area contributed by atoms with Crippen LogP contribution in [-0.2, 0) is 4.74 Å². The van der Waals surface area contributed by atoms with Crippen molar-refractivity contribution in [1.82, 2.24) is 5.32 Å². The predicted molar refractivity (Wildman–Crippen MR) is 87.4 cm³/mol. The van der Waals surface area contributed by atoms with Crippen LogP contribution in [0.4, 0.5) is 0 Å². The minimum Gasteiger partial charge on any atom is -0.492 e. The van der Waals surface area contributed by atoms with Crippen LogP contribution in [0.1, 0.15) is 68.4 Å². The van der Waals surface area contributed by atoms with Crippen LogP contribution in [0, 0.1) is 0 Å². The molecule has 0 saturated heterocycles. The summed E-state index contributed by atoms with van der Waals surface area (Å²) >= 11 is 0. The number of hydrogen-bond donors (Lipinski definition) is 1. The number of carbonyl (C=O) groups is 1. The quantitative estimate of drug-likeness (QED) is 0.640. The van der Waals surface area contributed by atoms with Gasteiger partial charge in [-0.25, -0.2) is 4.79 Å². The largest absolute Gasteiger partial charge is 0.492 e. The first-order valence-corrected chi connectivity index (χ1v) is 8.35. The molecular weight excluding hydrogens is 278 g/mol. The average molecular weight is 305 g/mol. The molecule has 0 aliphatic carbocycles. The normalized spacial score (nSPS) is 20.7. The van der Waals surface area contributed by atoms with Gasteiger partial charge in [-0.1, -0.05) is 26.2 Å². The lowest BCUT2D eigenvalue weighted by Crippen LogP contribution is -2.34. The van der Waals surface area contributed by atoms with Gasteiger partial charge >= 0.3 is 5.97 Å². The molecule has 22 heavy (non-hydrogen) atoms. The van der Waals surface area contributed by atoms with Crippen LogP contribution >= 0.6 is 0 Å². The first-order valence-electron chi connectivity index (χ1n) is 8.35. The van der Waals surface area contributed by atoms with E-state index in [4.69, 9.17) is 9.47 Å². The molecule has 0 fully saturated rings. The Kier molecular flexibility index (Phi) is 6.25. The standard InChI is InChI=1S/C18H27NO3/c1-4-6-7-8-15-12-22-17-10-9-14(18(20)21-5-2)11-16(17)13(3)19-15/h9-11,13,15,19H,4-8,12H2,1-3H3/t13-,15?/m1/s1. The number of unbranched alkanes of at least 4 members (excludes halogenated alkanes) is 2. The van der Waals surface area contributed by atoms with Crippen LogP contribution in [0.2, 0.25) is 0 Å². The SMILES string of the molecule is CCCCCC1COc2ccc(C(=O)OCC)cc2[C@@H](C)N1. The Morgan fingerprint density at radius 2 is 2.18 bits per heavy atom. The van der Waals surface area contributed by atoms with Crippen molar-refractivity contribution in [2.75, 3.05) is 13.2 Å². The van der Waals surface area contributed by atoms with Crippen molar-refractivity contribution in [2.45, 2.75) is 58.5 Å². The van der Waals surface area contributed by atoms with Crippen LogP contribution in [0.15, 0.2) is 18.2 Å². The van der Waals surface area contributed by atoms with Crippen LogP contribution in [0.3, 0.4) is 0 Å². The Bertz CT molecular complexity index is 501. The van der Waals surface area contributed by atoms with Gasteiger partial charge in [0.25, 0.3) is 0 Å². The second kappa shape index (κ2) is 8.18. The highest BCUT2D eigenvalue weighted by molar-refractivity contribution is 5.89. The molecule has 0 radical (unpaired) electrons. The summed E-state index contributed by atoms with van der Waals surface area (Å²) < 4.78 is 11.0. The van der Waals surface area contributed by atoms with Crippen LogP contribution in [0.25, 0.3) is 0 Å². The van der Waals surface area contributed by atoms with Crippen molar-refractivity contribution < 1.29 is 14.3 Å². The Labute approximate surface area is 133 Å². The molecule has 0 aromatic heterocycles. The van der Waals surface area contributed by atoms with E-state index in [9.17, 15) is 4.79 Å². The minimum atomic E-state index is -0.277. The molecule has 4 nitrogen and oxygen atoms in total. The molecule has 0 amide bonds. The lowest BCUT2D eigenvalue weighted by molar-refractivity contribution is 0.0526. The third-order valence-corrected chi connectivity index (χ3v) is 4.07. The number of fused-ring (bicyclic) bond motifs is 1. The van der Waals surface area contributed by atoms with Crippen molar-refractivity contribution in [2.24, 2.45) is 0 Å². The summed E-state index contributed by atoms with van der Waals surface area (Å²) in [5.41, 5.74) is 1.62. The van der Waals surface area contributed by atoms with E-state index >= 15 is 0 Å². The van der Waals surface area contributed by atoms with Crippen molar-refractivity contribution >= 4 is 5.97 Å². The van der Waals surface area contributed by atoms with Gasteiger partial charge in [-0.3, -0.25) is 0 Å². The molecule has 2 rings (SSSR count). The number of ether oxygens (including phenoxy) is 2. The van der Waals surface area contributed by atoms with E-state index < -0.39 is 0 Å². The Morgan fingerprint density at radius 3 is 2.91 bits per heavy atom. The Morgan fingerprint density at radius 1 is 1.36 bits per heavy atom. The zero-order valence-electron chi connectivity index (χ0n) is 13.9. The molecule has 1 aliphatic heterocycles. The van der Waals surface area contributed by atoms with Crippen LogP contribution in [-0.4, -0.2) is 25.2 Å². The van der Waals surface area contributed by atoms with Gasteiger partial charge in [0.1, 0.15) is 12.4 Å². The van der Waals surface area contributed by atoms with E-state index in [0.29, 0.717) is 24.8 Å². The molecule has 1 aromatic rings. The molecule has 1 N–H and O–H groups in total. The molecule has 1 heterocycles. The first kappa shape index (κ1) is 16.8. The minimum absolute atomic E-state index is 0.165. The fraction of sp³-hybridized carbons (Fsp3) is 0.611. The molecule has 2 atom stereocenters. The van der Waals surface area contributed by atoms with Gasteiger partial charge in [0.05, 0.1) is 12.2 Å². The molecule has 1 aromatic carbocycles. The number of benzene rings is 1. The number of nitrogens with one attached hydrogen (secondary N) is 1. The van der Waals surface area contributed by atoms with Gasteiger partial charge in [0.2, 0.25) is 0 Å². The van der Waals surface area contributed by atoms with Gasteiger partial charge in [0.15, 0.2) is 0 Å². The lowest BCUT2D eigenvalue weighted by atomic mass is 10.0. The summed E-state index contributed by atoms with van der Waals surface area (Å²) in [5.74, 6) is 0.590. The third kappa shape index (κ3) is 4.23. The van der Waals surface area contributed by atoms with Gasteiger partial charge in [-0.2, -0.15) is 0 Å². The summed E-state index contributed by atoms with van der Waals surface area (Å²) in [4.78, 5) is 11.9. The second-order valence-electron chi connectivity index (χ2n) is 5.87. The maximum absolute atomic E-state index is 11.9. The Hall–Kier alpha value is -1.55. The van der Waals surface area contributed by atoms with E-state index in [1.807, 2.05) is 19.1 Å². The van der Waals surface area contributed by atoms with E-state index in [1.54, 1.807) is 6.07 Å². The number of esters is 1. The van der Waals surface area contributed by atoms with Crippen LogP contribution < -0.4 is 10.1 Å². The summed E-state index contributed by atoms with van der Waals surface area (Å²) in [6.45, 7) is 7.22. The molecule has 0 bridgehead atoms. The molecule has 1 aliphatic rings. The molecule has 1 unspecified atom stereocenters. The highest BCUT2D eigenvalue weighted by Gasteiger charge is 2.23. The second-order valence-corrected chi connectivity index (χ2v) is 5.87.